The molecule has 70 valence electrons. The Morgan fingerprint density at radius 1 is 1.38 bits per heavy atom. The molecule has 0 saturated heterocycles. The van der Waals surface area contributed by atoms with Crippen molar-refractivity contribution in [3.63, 3.8) is 0 Å². The van der Waals surface area contributed by atoms with Crippen LogP contribution in [-0.2, 0) is 0 Å². The number of hydrogen-bond acceptors (Lipinski definition) is 0. The highest BCUT2D eigenvalue weighted by molar-refractivity contribution is 5.04. The largest absolute Gasteiger partial charge is 0.0661 e. The Labute approximate surface area is 81.4 Å². The maximum absolute atomic E-state index is 3.19. The van der Waals surface area contributed by atoms with Gasteiger partial charge in [0.1, 0.15) is 0 Å². The van der Waals surface area contributed by atoms with Crippen LogP contribution in [0.4, 0.5) is 0 Å². The van der Waals surface area contributed by atoms with Crippen LogP contribution in [0.15, 0.2) is 28.8 Å². The van der Waals surface area contributed by atoms with E-state index in [9.17, 15) is 0 Å². The van der Waals surface area contributed by atoms with E-state index in [0.717, 1.165) is 5.92 Å². The molecule has 0 unspecified atom stereocenters. The molecule has 1 fully saturated rings. The second-order valence-corrected chi connectivity index (χ2v) is 3.64. The van der Waals surface area contributed by atoms with E-state index >= 15 is 0 Å². The van der Waals surface area contributed by atoms with Gasteiger partial charge < -0.3 is 0 Å². The van der Waals surface area contributed by atoms with Crippen LogP contribution in [0, 0.1) is 5.92 Å². The fourth-order valence-electron chi connectivity index (χ4n) is 1.76. The van der Waals surface area contributed by atoms with Gasteiger partial charge in [-0.15, -0.1) is 0 Å². The summed E-state index contributed by atoms with van der Waals surface area (Å²) in [5.41, 5.74) is 10.5. The van der Waals surface area contributed by atoms with Crippen LogP contribution in [0.5, 0.6) is 0 Å². The van der Waals surface area contributed by atoms with E-state index in [1.54, 1.807) is 0 Å². The van der Waals surface area contributed by atoms with Crippen LogP contribution < -0.4 is 0 Å². The monoisotopic (exact) mass is 174 g/mol. The van der Waals surface area contributed by atoms with Crippen LogP contribution in [-0.4, -0.2) is 0 Å². The Bertz CT molecular complexity index is 267. The van der Waals surface area contributed by atoms with Crippen molar-refractivity contribution in [1.29, 1.82) is 0 Å². The molecule has 0 aromatic carbocycles. The average molecular weight is 174 g/mol. The minimum atomic E-state index is 0.955. The Kier molecular flexibility index (Phi) is 4.44. The van der Waals surface area contributed by atoms with Gasteiger partial charge in [-0.1, -0.05) is 24.8 Å². The zero-order valence-corrected chi connectivity index (χ0v) is 8.69. The number of allylic oxidation sites excluding steroid dienone is 2. The van der Waals surface area contributed by atoms with E-state index in [1.807, 2.05) is 13.0 Å². The van der Waals surface area contributed by atoms with Crippen molar-refractivity contribution in [1.82, 2.24) is 0 Å². The van der Waals surface area contributed by atoms with Crippen molar-refractivity contribution < 1.29 is 0 Å². The predicted molar refractivity (Wildman–Crippen MR) is 56.5 cm³/mol. The molecular formula is C13H18. The quantitative estimate of drug-likeness (QED) is 0.527. The second-order valence-electron chi connectivity index (χ2n) is 3.64. The highest BCUT2D eigenvalue weighted by atomic mass is 14.2. The highest BCUT2D eigenvalue weighted by Crippen LogP contribution is 2.29. The van der Waals surface area contributed by atoms with Gasteiger partial charge >= 0.3 is 0 Å². The summed E-state index contributed by atoms with van der Waals surface area (Å²) < 4.78 is 0. The molecule has 0 aromatic heterocycles. The Morgan fingerprint density at radius 3 is 2.62 bits per heavy atom. The fraction of sp³-hybridized carbons (Fsp3) is 0.615. The molecule has 0 radical (unpaired) electrons. The van der Waals surface area contributed by atoms with E-state index in [0.29, 0.717) is 0 Å². The summed E-state index contributed by atoms with van der Waals surface area (Å²) in [7, 11) is 0. The summed E-state index contributed by atoms with van der Waals surface area (Å²) in [5.74, 6) is 0.955. The van der Waals surface area contributed by atoms with Crippen molar-refractivity contribution in [2.75, 3.05) is 0 Å². The van der Waals surface area contributed by atoms with Crippen molar-refractivity contribution >= 4 is 0 Å². The van der Waals surface area contributed by atoms with Crippen LogP contribution >= 0.6 is 0 Å². The van der Waals surface area contributed by atoms with Crippen LogP contribution in [0.3, 0.4) is 0 Å². The Morgan fingerprint density at radius 2 is 2.08 bits per heavy atom. The molecular weight excluding hydrogens is 156 g/mol. The third kappa shape index (κ3) is 3.53. The molecule has 1 saturated carbocycles. The van der Waals surface area contributed by atoms with Gasteiger partial charge in [0.15, 0.2) is 0 Å². The summed E-state index contributed by atoms with van der Waals surface area (Å²) in [4.78, 5) is 0. The van der Waals surface area contributed by atoms with Gasteiger partial charge in [0, 0.05) is 0 Å². The second kappa shape index (κ2) is 5.68. The molecule has 0 heterocycles. The lowest BCUT2D eigenvalue weighted by Gasteiger charge is -2.20. The Hall–Kier alpha value is -0.920. The smallest absolute Gasteiger partial charge is 0.0192 e. The fourth-order valence-corrected chi connectivity index (χ4v) is 1.76. The van der Waals surface area contributed by atoms with Gasteiger partial charge in [-0.2, -0.15) is 0 Å². The molecule has 0 amide bonds. The van der Waals surface area contributed by atoms with Crippen molar-refractivity contribution in [3.05, 3.63) is 28.8 Å². The standard InChI is InChI=1S/C13H18/c1-3-5-6-7-13-10-8-12(4-2)9-11-13/h3,12H,4,8-11H2,1-2H3. The summed E-state index contributed by atoms with van der Waals surface area (Å²) in [6.45, 7) is 4.24. The number of hydrogen-bond donors (Lipinski definition) is 0. The molecule has 0 bridgehead atoms. The Balaban J connectivity index is 2.59. The average Bonchev–Trinajstić information content (AvgIpc) is 2.19. The first-order valence-corrected chi connectivity index (χ1v) is 5.25. The number of rotatable bonds is 1. The lowest BCUT2D eigenvalue weighted by atomic mass is 9.85. The molecule has 1 aliphatic carbocycles. The lowest BCUT2D eigenvalue weighted by molar-refractivity contribution is 0.398. The molecule has 0 aromatic rings. The van der Waals surface area contributed by atoms with Gasteiger partial charge in [-0.25, -0.2) is 0 Å². The van der Waals surface area contributed by atoms with Crippen molar-refractivity contribution in [3.8, 4) is 0 Å². The van der Waals surface area contributed by atoms with Crippen molar-refractivity contribution in [2.45, 2.75) is 46.0 Å². The van der Waals surface area contributed by atoms with Crippen LogP contribution in [0.25, 0.3) is 0 Å². The van der Waals surface area contributed by atoms with E-state index < -0.39 is 0 Å². The minimum absolute atomic E-state index is 0.955. The van der Waals surface area contributed by atoms with E-state index in [2.05, 4.69) is 24.1 Å². The predicted octanol–water partition coefficient (Wildman–Crippen LogP) is 4.00. The zero-order valence-electron chi connectivity index (χ0n) is 8.69. The third-order valence-corrected chi connectivity index (χ3v) is 2.74. The summed E-state index contributed by atoms with van der Waals surface area (Å²) in [5, 5.41) is 0. The molecule has 0 N–H and O–H groups in total. The molecule has 1 aliphatic rings. The van der Waals surface area contributed by atoms with Gasteiger partial charge in [0.2, 0.25) is 0 Å². The maximum atomic E-state index is 3.19. The van der Waals surface area contributed by atoms with Crippen molar-refractivity contribution in [2.24, 2.45) is 5.92 Å². The highest BCUT2D eigenvalue weighted by Gasteiger charge is 2.13. The van der Waals surface area contributed by atoms with Gasteiger partial charge in [0.25, 0.3) is 0 Å². The molecule has 1 rings (SSSR count). The maximum Gasteiger partial charge on any atom is -0.0192 e. The minimum Gasteiger partial charge on any atom is -0.0661 e. The van der Waals surface area contributed by atoms with E-state index in [1.165, 1.54) is 37.7 Å². The van der Waals surface area contributed by atoms with Gasteiger partial charge in [-0.05, 0) is 55.9 Å². The van der Waals surface area contributed by atoms with E-state index in [-0.39, 0.29) is 0 Å². The molecule has 0 nitrogen and oxygen atoms in total. The molecule has 0 spiro atoms. The molecule has 13 heavy (non-hydrogen) atoms. The van der Waals surface area contributed by atoms with Crippen LogP contribution in [0.2, 0.25) is 0 Å². The third-order valence-electron chi connectivity index (χ3n) is 2.74. The van der Waals surface area contributed by atoms with E-state index in [4.69, 9.17) is 0 Å². The summed E-state index contributed by atoms with van der Waals surface area (Å²) >= 11 is 0. The first-order chi connectivity index (χ1) is 6.36. The molecule has 0 heteroatoms. The summed E-state index contributed by atoms with van der Waals surface area (Å²) in [6, 6.07) is 0. The molecule has 0 aliphatic heterocycles. The SMILES string of the molecule is CC=C=C=C=C1CCC(CC)CC1. The van der Waals surface area contributed by atoms with Gasteiger partial charge in [0.05, 0.1) is 0 Å². The molecule has 0 atom stereocenters. The first-order valence-electron chi connectivity index (χ1n) is 5.25. The van der Waals surface area contributed by atoms with Gasteiger partial charge in [-0.3, -0.25) is 0 Å². The summed E-state index contributed by atoms with van der Waals surface area (Å²) in [6.07, 6.45) is 8.33. The zero-order chi connectivity index (χ0) is 9.52. The normalized spacial score (nSPS) is 21.4. The van der Waals surface area contributed by atoms with Crippen LogP contribution in [0.1, 0.15) is 46.0 Å². The topological polar surface area (TPSA) is 0 Å². The first kappa shape index (κ1) is 10.2. The lowest BCUT2D eigenvalue weighted by Crippen LogP contribution is -2.05.